The molecule has 6 N–H and O–H groups in total. The van der Waals surface area contributed by atoms with Crippen molar-refractivity contribution < 1.29 is 10.2 Å². The van der Waals surface area contributed by atoms with E-state index in [4.69, 9.17) is 16.6 Å². The van der Waals surface area contributed by atoms with Gasteiger partial charge in [-0.05, 0) is 25.5 Å². The van der Waals surface area contributed by atoms with Crippen LogP contribution in [0.25, 0.3) is 0 Å². The molecule has 0 saturated carbocycles. The van der Waals surface area contributed by atoms with E-state index in [1.807, 2.05) is 0 Å². The Morgan fingerprint density at radius 1 is 1.29 bits per heavy atom. The summed E-state index contributed by atoms with van der Waals surface area (Å²) in [5.41, 5.74) is 11.8. The van der Waals surface area contributed by atoms with Gasteiger partial charge in [-0.2, -0.15) is 0 Å². The number of hydrogen-bond donors (Lipinski definition) is 4. The number of rotatable bonds is 4. The van der Waals surface area contributed by atoms with Gasteiger partial charge < -0.3 is 21.7 Å². The van der Waals surface area contributed by atoms with E-state index < -0.39 is 0 Å². The molecule has 0 aliphatic carbocycles. The van der Waals surface area contributed by atoms with Crippen molar-refractivity contribution in [2.45, 2.75) is 18.9 Å². The van der Waals surface area contributed by atoms with Gasteiger partial charge in [0.05, 0.1) is 0 Å². The smallest absolute Gasteiger partial charge is 0.124 e. The largest absolute Gasteiger partial charge is 0.508 e. The molecule has 0 bridgehead atoms. The lowest BCUT2D eigenvalue weighted by atomic mass is 10.0. The summed E-state index contributed by atoms with van der Waals surface area (Å²) in [6, 6.07) is 4.21. The summed E-state index contributed by atoms with van der Waals surface area (Å²) in [4.78, 5) is 0. The van der Waals surface area contributed by atoms with Crippen molar-refractivity contribution in [1.82, 2.24) is 0 Å². The van der Waals surface area contributed by atoms with Crippen LogP contribution in [0.15, 0.2) is 18.2 Å². The summed E-state index contributed by atoms with van der Waals surface area (Å²) in [6.07, 6.45) is 1.55. The Bertz CT molecular complexity index is 302. The molecule has 1 atom stereocenters. The first kappa shape index (κ1) is 10.8. The third kappa shape index (κ3) is 2.61. The first-order valence-corrected chi connectivity index (χ1v) is 4.62. The quantitative estimate of drug-likeness (QED) is 0.574. The normalized spacial score (nSPS) is 12.7. The van der Waals surface area contributed by atoms with Gasteiger partial charge in [0.25, 0.3) is 0 Å². The van der Waals surface area contributed by atoms with Crippen molar-refractivity contribution in [3.05, 3.63) is 23.8 Å². The second kappa shape index (κ2) is 4.83. The van der Waals surface area contributed by atoms with E-state index in [0.717, 1.165) is 12.8 Å². The summed E-state index contributed by atoms with van der Waals surface area (Å²) in [5, 5.41) is 18.6. The van der Waals surface area contributed by atoms with Crippen LogP contribution >= 0.6 is 0 Å². The van der Waals surface area contributed by atoms with Crippen LogP contribution in [0.5, 0.6) is 11.5 Å². The predicted molar refractivity (Wildman–Crippen MR) is 55.0 cm³/mol. The van der Waals surface area contributed by atoms with E-state index in [2.05, 4.69) is 0 Å². The lowest BCUT2D eigenvalue weighted by molar-refractivity contribution is 0.439. The number of hydrogen-bond acceptors (Lipinski definition) is 4. The Balaban J connectivity index is 2.74. The number of phenols is 2. The van der Waals surface area contributed by atoms with Crippen molar-refractivity contribution in [3.63, 3.8) is 0 Å². The molecule has 0 amide bonds. The van der Waals surface area contributed by atoms with Gasteiger partial charge in [0.2, 0.25) is 0 Å². The molecule has 0 spiro atoms. The van der Waals surface area contributed by atoms with Crippen molar-refractivity contribution in [1.29, 1.82) is 0 Å². The van der Waals surface area contributed by atoms with E-state index in [0.29, 0.717) is 12.1 Å². The molecule has 1 rings (SSSR count). The van der Waals surface area contributed by atoms with Crippen molar-refractivity contribution >= 4 is 0 Å². The highest BCUT2D eigenvalue weighted by atomic mass is 16.3. The lowest BCUT2D eigenvalue weighted by Gasteiger charge is -2.12. The standard InChI is InChI=1S/C10H16N2O2/c11-5-1-2-9(12)8-4-3-7(13)6-10(8)14/h3-4,6,9,13-14H,1-2,5,11-12H2/t9-/m1/s1. The number of aromatic hydroxyl groups is 2. The fourth-order valence-electron chi connectivity index (χ4n) is 1.34. The summed E-state index contributed by atoms with van der Waals surface area (Å²) in [6.45, 7) is 0.590. The molecular formula is C10H16N2O2. The molecule has 14 heavy (non-hydrogen) atoms. The predicted octanol–water partition coefficient (Wildman–Crippen LogP) is 0.837. The van der Waals surface area contributed by atoms with Crippen LogP contribution in [0, 0.1) is 0 Å². The maximum Gasteiger partial charge on any atom is 0.124 e. The Kier molecular flexibility index (Phi) is 3.73. The van der Waals surface area contributed by atoms with Crippen LogP contribution in [0.4, 0.5) is 0 Å². The van der Waals surface area contributed by atoms with Crippen molar-refractivity contribution in [3.8, 4) is 11.5 Å². The molecule has 4 nitrogen and oxygen atoms in total. The SMILES string of the molecule is NCCC[C@@H](N)c1ccc(O)cc1O. The summed E-state index contributed by atoms with van der Waals surface area (Å²) >= 11 is 0. The van der Waals surface area contributed by atoms with Crippen LogP contribution in [0.2, 0.25) is 0 Å². The molecule has 0 aliphatic rings. The highest BCUT2D eigenvalue weighted by Crippen LogP contribution is 2.28. The van der Waals surface area contributed by atoms with Crippen molar-refractivity contribution in [2.24, 2.45) is 11.5 Å². The van der Waals surface area contributed by atoms with E-state index in [-0.39, 0.29) is 17.5 Å². The van der Waals surface area contributed by atoms with Gasteiger partial charge in [0.15, 0.2) is 0 Å². The Morgan fingerprint density at radius 2 is 2.00 bits per heavy atom. The van der Waals surface area contributed by atoms with Gasteiger partial charge in [-0.3, -0.25) is 0 Å². The van der Waals surface area contributed by atoms with Gasteiger partial charge >= 0.3 is 0 Å². The molecule has 0 heterocycles. The molecule has 0 aliphatic heterocycles. The third-order valence-corrected chi connectivity index (χ3v) is 2.13. The number of benzene rings is 1. The fraction of sp³-hybridized carbons (Fsp3) is 0.400. The lowest BCUT2D eigenvalue weighted by Crippen LogP contribution is -2.12. The number of nitrogens with two attached hydrogens (primary N) is 2. The van der Waals surface area contributed by atoms with E-state index >= 15 is 0 Å². The molecule has 4 heteroatoms. The van der Waals surface area contributed by atoms with Crippen LogP contribution in [-0.2, 0) is 0 Å². The molecule has 0 aromatic heterocycles. The first-order chi connectivity index (χ1) is 6.65. The third-order valence-electron chi connectivity index (χ3n) is 2.13. The van der Waals surface area contributed by atoms with Crippen LogP contribution in [0.1, 0.15) is 24.4 Å². The molecule has 0 fully saturated rings. The van der Waals surface area contributed by atoms with Crippen LogP contribution in [0.3, 0.4) is 0 Å². The molecule has 0 unspecified atom stereocenters. The van der Waals surface area contributed by atoms with Gasteiger partial charge in [-0.1, -0.05) is 6.07 Å². The molecule has 1 aromatic carbocycles. The Hall–Kier alpha value is -1.26. The minimum absolute atomic E-state index is 0.0366. The van der Waals surface area contributed by atoms with Crippen molar-refractivity contribution in [2.75, 3.05) is 6.54 Å². The van der Waals surface area contributed by atoms with Gasteiger partial charge in [0.1, 0.15) is 11.5 Å². The second-order valence-electron chi connectivity index (χ2n) is 3.28. The zero-order valence-electron chi connectivity index (χ0n) is 7.98. The zero-order chi connectivity index (χ0) is 10.6. The molecule has 0 saturated heterocycles. The summed E-state index contributed by atoms with van der Waals surface area (Å²) in [5.74, 6) is 0.0757. The Labute approximate surface area is 83.2 Å². The van der Waals surface area contributed by atoms with E-state index in [9.17, 15) is 5.11 Å². The average molecular weight is 196 g/mol. The minimum atomic E-state index is -0.223. The summed E-state index contributed by atoms with van der Waals surface area (Å²) < 4.78 is 0. The average Bonchev–Trinajstić information content (AvgIpc) is 2.14. The second-order valence-corrected chi connectivity index (χ2v) is 3.28. The summed E-state index contributed by atoms with van der Waals surface area (Å²) in [7, 11) is 0. The Morgan fingerprint density at radius 3 is 2.57 bits per heavy atom. The van der Waals surface area contributed by atoms with E-state index in [1.54, 1.807) is 6.07 Å². The molecule has 0 radical (unpaired) electrons. The number of phenolic OH excluding ortho intramolecular Hbond substituents is 2. The topological polar surface area (TPSA) is 92.5 Å². The van der Waals surface area contributed by atoms with Gasteiger partial charge in [0, 0.05) is 17.7 Å². The maximum absolute atomic E-state index is 9.49. The molecule has 1 aromatic rings. The molecular weight excluding hydrogens is 180 g/mol. The zero-order valence-corrected chi connectivity index (χ0v) is 7.98. The van der Waals surface area contributed by atoms with Crippen LogP contribution < -0.4 is 11.5 Å². The van der Waals surface area contributed by atoms with E-state index in [1.165, 1.54) is 12.1 Å². The van der Waals surface area contributed by atoms with Gasteiger partial charge in [-0.15, -0.1) is 0 Å². The molecule has 78 valence electrons. The fourth-order valence-corrected chi connectivity index (χ4v) is 1.34. The van der Waals surface area contributed by atoms with Crippen LogP contribution in [-0.4, -0.2) is 16.8 Å². The highest BCUT2D eigenvalue weighted by molar-refractivity contribution is 5.40. The van der Waals surface area contributed by atoms with Gasteiger partial charge in [-0.25, -0.2) is 0 Å². The maximum atomic E-state index is 9.49. The monoisotopic (exact) mass is 196 g/mol. The minimum Gasteiger partial charge on any atom is -0.508 e. The first-order valence-electron chi connectivity index (χ1n) is 4.62. The highest BCUT2D eigenvalue weighted by Gasteiger charge is 2.10.